The minimum atomic E-state index is -0.0411. The topological polar surface area (TPSA) is 31.2 Å². The number of ether oxygens (including phenoxy) is 1. The third-order valence-corrected chi connectivity index (χ3v) is 5.71. The molecule has 2 aromatic carbocycles. The molecule has 0 saturated heterocycles. The predicted molar refractivity (Wildman–Crippen MR) is 123 cm³/mol. The minimum Gasteiger partial charge on any atom is -0.497 e. The first-order valence-electron chi connectivity index (χ1n) is 8.94. The molecule has 0 bridgehead atoms. The monoisotopic (exact) mass is 501 g/mol. The second-order valence-electron chi connectivity index (χ2n) is 6.53. The van der Waals surface area contributed by atoms with E-state index in [4.69, 9.17) is 4.74 Å². The fourth-order valence-electron chi connectivity index (χ4n) is 2.92. The van der Waals surface area contributed by atoms with Gasteiger partial charge in [-0.3, -0.25) is 4.79 Å². The molecule has 3 aromatic rings. The summed E-state index contributed by atoms with van der Waals surface area (Å²) in [5.74, 6) is 0.800. The maximum atomic E-state index is 12.8. The number of methoxy groups -OCH3 is 1. The van der Waals surface area contributed by atoms with E-state index < -0.39 is 0 Å². The van der Waals surface area contributed by atoms with Gasteiger partial charge >= 0.3 is 0 Å². The molecule has 28 heavy (non-hydrogen) atoms. The first-order chi connectivity index (χ1) is 13.5. The highest BCUT2D eigenvalue weighted by Crippen LogP contribution is 2.23. The number of rotatable bonds is 6. The summed E-state index contributed by atoms with van der Waals surface area (Å²) in [5, 5.41) is 0. The second-order valence-corrected chi connectivity index (χ2v) is 8.24. The molecular weight excluding hydrogens is 482 g/mol. The fraction of sp³-hybridized carbons (Fsp3) is 0.174. The van der Waals surface area contributed by atoms with Crippen molar-refractivity contribution >= 4 is 44.0 Å². The summed E-state index contributed by atoms with van der Waals surface area (Å²) in [7, 11) is 1.65. The van der Waals surface area contributed by atoms with E-state index in [-0.39, 0.29) is 5.56 Å². The Balaban J connectivity index is 1.93. The van der Waals surface area contributed by atoms with E-state index in [0.29, 0.717) is 11.0 Å². The zero-order valence-corrected chi connectivity index (χ0v) is 19.0. The second kappa shape index (κ2) is 9.39. The van der Waals surface area contributed by atoms with E-state index in [1.807, 2.05) is 36.4 Å². The number of nitrogens with zero attached hydrogens (tertiary/aromatic N) is 1. The lowest BCUT2D eigenvalue weighted by atomic mass is 10.1. The van der Waals surface area contributed by atoms with Crippen LogP contribution in [0.1, 0.15) is 22.4 Å². The molecule has 0 saturated carbocycles. The van der Waals surface area contributed by atoms with Crippen LogP contribution in [0.4, 0.5) is 0 Å². The average molecular weight is 503 g/mol. The molecule has 3 nitrogen and oxygen atoms in total. The van der Waals surface area contributed by atoms with Gasteiger partial charge in [-0.1, -0.05) is 48.0 Å². The number of pyridine rings is 1. The maximum absolute atomic E-state index is 12.8. The van der Waals surface area contributed by atoms with Crippen molar-refractivity contribution in [3.8, 4) is 5.75 Å². The van der Waals surface area contributed by atoms with Crippen LogP contribution in [-0.2, 0) is 13.0 Å². The number of halogens is 2. The van der Waals surface area contributed by atoms with E-state index >= 15 is 0 Å². The summed E-state index contributed by atoms with van der Waals surface area (Å²) >= 11 is 6.98. The van der Waals surface area contributed by atoms with Crippen molar-refractivity contribution in [2.75, 3.05) is 7.11 Å². The van der Waals surface area contributed by atoms with Crippen molar-refractivity contribution in [2.45, 2.75) is 19.9 Å². The first kappa shape index (κ1) is 20.6. The smallest absolute Gasteiger partial charge is 0.265 e. The lowest BCUT2D eigenvalue weighted by Crippen LogP contribution is -2.24. The van der Waals surface area contributed by atoms with Gasteiger partial charge in [0, 0.05) is 11.0 Å². The largest absolute Gasteiger partial charge is 0.497 e. The summed E-state index contributed by atoms with van der Waals surface area (Å²) in [6, 6.07) is 18.0. The maximum Gasteiger partial charge on any atom is 0.265 e. The molecule has 0 fully saturated rings. The molecule has 5 heteroatoms. The lowest BCUT2D eigenvalue weighted by Gasteiger charge is -2.13. The molecule has 3 rings (SSSR count). The molecule has 0 N–H and O–H groups in total. The highest BCUT2D eigenvalue weighted by atomic mass is 79.9. The Labute approximate surface area is 181 Å². The number of benzene rings is 2. The Morgan fingerprint density at radius 2 is 1.75 bits per heavy atom. The summed E-state index contributed by atoms with van der Waals surface area (Å²) in [6.45, 7) is 2.67. The van der Waals surface area contributed by atoms with Gasteiger partial charge in [0.25, 0.3) is 5.56 Å². The fourth-order valence-corrected chi connectivity index (χ4v) is 4.25. The molecule has 0 aliphatic carbocycles. The van der Waals surface area contributed by atoms with E-state index in [9.17, 15) is 4.79 Å². The van der Waals surface area contributed by atoms with Gasteiger partial charge in [-0.2, -0.15) is 0 Å². The SMILES string of the molecule is COc1cccc(/C=C/c2c(Br)cc(Br)c(=O)n2CCc2ccc(C)cc2)c1. The van der Waals surface area contributed by atoms with Crippen LogP contribution < -0.4 is 10.3 Å². The van der Waals surface area contributed by atoms with Crippen LogP contribution in [0.2, 0.25) is 0 Å². The van der Waals surface area contributed by atoms with Crippen LogP contribution in [0, 0.1) is 6.92 Å². The third-order valence-electron chi connectivity index (χ3n) is 4.51. The molecule has 0 radical (unpaired) electrons. The van der Waals surface area contributed by atoms with E-state index in [1.165, 1.54) is 11.1 Å². The number of hydrogen-bond acceptors (Lipinski definition) is 2. The molecular formula is C23H21Br2NO2. The Morgan fingerprint density at radius 3 is 2.46 bits per heavy atom. The standard InChI is InChI=1S/C23H21Br2NO2/c1-16-6-8-17(9-7-16)12-13-26-22(20(24)15-21(25)23(26)27)11-10-18-4-3-5-19(14-18)28-2/h3-11,14-15H,12-13H2,1-2H3/b11-10+. The van der Waals surface area contributed by atoms with Gasteiger partial charge in [0.1, 0.15) is 5.75 Å². The highest BCUT2D eigenvalue weighted by molar-refractivity contribution is 9.11. The van der Waals surface area contributed by atoms with Gasteiger partial charge in [-0.25, -0.2) is 0 Å². The van der Waals surface area contributed by atoms with Gasteiger partial charge < -0.3 is 9.30 Å². The molecule has 0 unspecified atom stereocenters. The van der Waals surface area contributed by atoms with Crippen molar-refractivity contribution in [1.29, 1.82) is 0 Å². The Bertz CT molecular complexity index is 1050. The molecule has 1 aromatic heterocycles. The quantitative estimate of drug-likeness (QED) is 0.407. The normalized spacial score (nSPS) is 11.1. The average Bonchev–Trinajstić information content (AvgIpc) is 2.70. The van der Waals surface area contributed by atoms with E-state index in [1.54, 1.807) is 17.7 Å². The van der Waals surface area contributed by atoms with Crippen molar-refractivity contribution in [3.63, 3.8) is 0 Å². The summed E-state index contributed by atoms with van der Waals surface area (Å²) in [6.07, 6.45) is 4.73. The van der Waals surface area contributed by atoms with Crippen molar-refractivity contribution in [2.24, 2.45) is 0 Å². The molecule has 0 spiro atoms. The molecule has 0 aliphatic rings. The molecule has 0 amide bonds. The summed E-state index contributed by atoms with van der Waals surface area (Å²) in [4.78, 5) is 12.8. The predicted octanol–water partition coefficient (Wildman–Crippen LogP) is 6.10. The van der Waals surface area contributed by atoms with Crippen molar-refractivity contribution in [1.82, 2.24) is 4.57 Å². The van der Waals surface area contributed by atoms with Gasteiger partial charge in [0.15, 0.2) is 0 Å². The molecule has 0 aliphatic heterocycles. The van der Waals surface area contributed by atoms with Crippen LogP contribution >= 0.6 is 31.9 Å². The van der Waals surface area contributed by atoms with E-state index in [0.717, 1.165) is 27.9 Å². The summed E-state index contributed by atoms with van der Waals surface area (Å²) < 4.78 is 8.48. The van der Waals surface area contributed by atoms with Gasteiger partial charge in [-0.05, 0) is 80.6 Å². The van der Waals surface area contributed by atoms with Crippen LogP contribution in [-0.4, -0.2) is 11.7 Å². The minimum absolute atomic E-state index is 0.0411. The Morgan fingerprint density at radius 1 is 1.00 bits per heavy atom. The van der Waals surface area contributed by atoms with E-state index in [2.05, 4.69) is 63.0 Å². The molecule has 1 heterocycles. The molecule has 144 valence electrons. The number of hydrogen-bond donors (Lipinski definition) is 0. The van der Waals surface area contributed by atoms with Crippen LogP contribution in [0.15, 0.2) is 68.3 Å². The zero-order chi connectivity index (χ0) is 20.1. The third kappa shape index (κ3) is 5.03. The Kier molecular flexibility index (Phi) is 6.92. The van der Waals surface area contributed by atoms with Crippen LogP contribution in [0.25, 0.3) is 12.2 Å². The zero-order valence-electron chi connectivity index (χ0n) is 15.8. The van der Waals surface area contributed by atoms with Gasteiger partial charge in [0.05, 0.1) is 17.3 Å². The van der Waals surface area contributed by atoms with Crippen LogP contribution in [0.5, 0.6) is 5.75 Å². The lowest BCUT2D eigenvalue weighted by molar-refractivity contribution is 0.414. The van der Waals surface area contributed by atoms with Gasteiger partial charge in [-0.15, -0.1) is 0 Å². The highest BCUT2D eigenvalue weighted by Gasteiger charge is 2.10. The van der Waals surface area contributed by atoms with Crippen molar-refractivity contribution in [3.05, 3.63) is 96.3 Å². The Hall–Kier alpha value is -2.11. The number of aryl methyl sites for hydroxylation is 2. The molecule has 0 atom stereocenters. The van der Waals surface area contributed by atoms with Crippen LogP contribution in [0.3, 0.4) is 0 Å². The van der Waals surface area contributed by atoms with Crippen molar-refractivity contribution < 1.29 is 4.74 Å². The number of aromatic nitrogens is 1. The first-order valence-corrected chi connectivity index (χ1v) is 10.5. The van der Waals surface area contributed by atoms with Gasteiger partial charge in [0.2, 0.25) is 0 Å². The summed E-state index contributed by atoms with van der Waals surface area (Å²) in [5.41, 5.74) is 4.24.